The Kier molecular flexibility index (Phi) is 5.90. The fourth-order valence-corrected chi connectivity index (χ4v) is 5.95. The smallest absolute Gasteiger partial charge is 0.147 e. The molecule has 0 unspecified atom stereocenters. The number of fused-ring (bicyclic) bond motifs is 1. The number of benzene rings is 2. The van der Waals surface area contributed by atoms with E-state index in [9.17, 15) is 0 Å². The van der Waals surface area contributed by atoms with Crippen LogP contribution in [0.4, 0.5) is 5.69 Å². The molecule has 2 aromatic heterocycles. The lowest BCUT2D eigenvalue weighted by molar-refractivity contribution is 0.386. The van der Waals surface area contributed by atoms with Crippen LogP contribution in [-0.2, 0) is 7.05 Å². The maximum atomic E-state index is 6.51. The second-order valence-electron chi connectivity index (χ2n) is 9.99. The molecule has 6 rings (SSSR count). The fraction of sp³-hybridized carbons (Fsp3) is 0.345. The molecular weight excluding hydrogens is 477 g/mol. The average molecular weight is 506 g/mol. The largest absolute Gasteiger partial charge is 0.371 e. The number of piperidine rings is 1. The Bertz CT molecular complexity index is 1400. The van der Waals surface area contributed by atoms with Gasteiger partial charge in [0.25, 0.3) is 0 Å². The van der Waals surface area contributed by atoms with E-state index in [1.54, 1.807) is 0 Å². The maximum Gasteiger partial charge on any atom is 0.147 e. The molecule has 1 aliphatic heterocycles. The fourth-order valence-electron chi connectivity index (χ4n) is 5.37. The zero-order valence-corrected chi connectivity index (χ0v) is 21.6. The third kappa shape index (κ3) is 4.28. The van der Waals surface area contributed by atoms with Crippen LogP contribution in [0.2, 0.25) is 10.0 Å². The van der Waals surface area contributed by atoms with Crippen molar-refractivity contribution in [3.63, 3.8) is 0 Å². The van der Waals surface area contributed by atoms with Crippen molar-refractivity contribution in [2.24, 2.45) is 13.0 Å². The molecule has 1 saturated heterocycles. The van der Waals surface area contributed by atoms with Crippen molar-refractivity contribution in [1.82, 2.24) is 9.72 Å². The summed E-state index contributed by atoms with van der Waals surface area (Å²) in [5.74, 6) is 1.94. The van der Waals surface area contributed by atoms with Crippen LogP contribution in [0.5, 0.6) is 0 Å². The standard InChI is InChI=1S/C29H29Cl2N3O/c1-18-17-33(2)26-16-21(9-11-22(18)26)34-14-12-19(13-15-34)6-10-23-28(32-35-29(23)20-7-8-20)27-24(30)4-3-5-25(27)31/h3-6,9-11,16-17,19-20H,7-8,12-15H2,1-2H3/b10-6+. The lowest BCUT2D eigenvalue weighted by Gasteiger charge is -2.32. The van der Waals surface area contributed by atoms with Gasteiger partial charge in [-0.05, 0) is 68.4 Å². The minimum Gasteiger partial charge on any atom is -0.371 e. The first-order valence-electron chi connectivity index (χ1n) is 12.4. The molecule has 1 saturated carbocycles. The molecule has 1 aliphatic carbocycles. The van der Waals surface area contributed by atoms with Gasteiger partial charge in [-0.25, -0.2) is 0 Å². The molecule has 2 aliphatic rings. The van der Waals surface area contributed by atoms with E-state index >= 15 is 0 Å². The summed E-state index contributed by atoms with van der Waals surface area (Å²) in [5, 5.41) is 6.95. The molecule has 6 heteroatoms. The number of nitrogens with zero attached hydrogens (tertiary/aromatic N) is 3. The average Bonchev–Trinajstić information content (AvgIpc) is 3.56. The van der Waals surface area contributed by atoms with Gasteiger partial charge >= 0.3 is 0 Å². The maximum absolute atomic E-state index is 6.51. The molecule has 0 bridgehead atoms. The molecule has 0 radical (unpaired) electrons. The van der Waals surface area contributed by atoms with Crippen LogP contribution < -0.4 is 4.90 Å². The summed E-state index contributed by atoms with van der Waals surface area (Å²) in [6.07, 6.45) is 11.3. The molecule has 2 fully saturated rings. The van der Waals surface area contributed by atoms with Crippen LogP contribution in [0.15, 0.2) is 53.2 Å². The van der Waals surface area contributed by atoms with Crippen molar-refractivity contribution < 1.29 is 4.52 Å². The van der Waals surface area contributed by atoms with Gasteiger partial charge in [0.2, 0.25) is 0 Å². The topological polar surface area (TPSA) is 34.2 Å². The van der Waals surface area contributed by atoms with E-state index in [4.69, 9.17) is 27.7 Å². The Balaban J connectivity index is 1.21. The number of hydrogen-bond acceptors (Lipinski definition) is 3. The van der Waals surface area contributed by atoms with Gasteiger partial charge in [0.15, 0.2) is 0 Å². The van der Waals surface area contributed by atoms with Gasteiger partial charge in [-0.3, -0.25) is 0 Å². The van der Waals surface area contributed by atoms with Crippen molar-refractivity contribution in [3.05, 3.63) is 75.6 Å². The Morgan fingerprint density at radius 2 is 1.77 bits per heavy atom. The zero-order valence-electron chi connectivity index (χ0n) is 20.1. The van der Waals surface area contributed by atoms with Gasteiger partial charge in [-0.1, -0.05) is 52.6 Å². The molecule has 2 aromatic carbocycles. The quantitative estimate of drug-likeness (QED) is 0.273. The summed E-state index contributed by atoms with van der Waals surface area (Å²) >= 11 is 13.0. The van der Waals surface area contributed by atoms with E-state index in [-0.39, 0.29) is 0 Å². The minimum atomic E-state index is 0.454. The van der Waals surface area contributed by atoms with E-state index in [0.717, 1.165) is 61.4 Å². The first-order chi connectivity index (χ1) is 17.0. The van der Waals surface area contributed by atoms with Crippen molar-refractivity contribution >= 4 is 45.9 Å². The molecule has 0 N–H and O–H groups in total. The van der Waals surface area contributed by atoms with E-state index in [1.165, 1.54) is 22.2 Å². The van der Waals surface area contributed by atoms with Gasteiger partial charge in [0, 0.05) is 54.5 Å². The summed E-state index contributed by atoms with van der Waals surface area (Å²) in [7, 11) is 2.13. The normalized spacial score (nSPS) is 17.2. The number of halogens is 2. The van der Waals surface area contributed by atoms with E-state index < -0.39 is 0 Å². The number of allylic oxidation sites excluding steroid dienone is 1. The number of aryl methyl sites for hydroxylation is 2. The molecule has 4 nitrogen and oxygen atoms in total. The van der Waals surface area contributed by atoms with Gasteiger partial charge in [0.1, 0.15) is 11.5 Å². The molecule has 0 amide bonds. The van der Waals surface area contributed by atoms with Crippen LogP contribution in [-0.4, -0.2) is 22.8 Å². The molecule has 4 aromatic rings. The van der Waals surface area contributed by atoms with Crippen LogP contribution in [0.25, 0.3) is 28.2 Å². The lowest BCUT2D eigenvalue weighted by atomic mass is 9.94. The van der Waals surface area contributed by atoms with E-state index in [2.05, 4.69) is 65.1 Å². The van der Waals surface area contributed by atoms with Gasteiger partial charge in [-0.2, -0.15) is 0 Å². The minimum absolute atomic E-state index is 0.454. The Morgan fingerprint density at radius 3 is 2.49 bits per heavy atom. The first kappa shape index (κ1) is 22.8. The highest BCUT2D eigenvalue weighted by Crippen LogP contribution is 2.46. The molecule has 0 spiro atoms. The highest BCUT2D eigenvalue weighted by molar-refractivity contribution is 6.39. The van der Waals surface area contributed by atoms with Crippen molar-refractivity contribution in [2.45, 2.75) is 38.5 Å². The summed E-state index contributed by atoms with van der Waals surface area (Å²) in [6, 6.07) is 12.4. The highest BCUT2D eigenvalue weighted by Gasteiger charge is 2.32. The third-order valence-electron chi connectivity index (χ3n) is 7.52. The van der Waals surface area contributed by atoms with Crippen LogP contribution in [0, 0.1) is 12.8 Å². The summed E-state index contributed by atoms with van der Waals surface area (Å²) in [5.41, 5.74) is 6.48. The second kappa shape index (κ2) is 9.07. The molecule has 3 heterocycles. The number of hydrogen-bond donors (Lipinski definition) is 0. The Hall–Kier alpha value is -2.69. The predicted molar refractivity (Wildman–Crippen MR) is 146 cm³/mol. The number of aromatic nitrogens is 2. The number of rotatable bonds is 5. The Labute approximate surface area is 216 Å². The number of anilines is 1. The second-order valence-corrected chi connectivity index (χ2v) is 10.8. The predicted octanol–water partition coefficient (Wildman–Crippen LogP) is 8.26. The SMILES string of the molecule is Cc1cn(C)c2cc(N3CCC(/C=C/c4c(-c5c(Cl)cccc5Cl)noc4C4CC4)CC3)ccc12. The lowest BCUT2D eigenvalue weighted by Crippen LogP contribution is -2.33. The van der Waals surface area contributed by atoms with Gasteiger partial charge < -0.3 is 14.0 Å². The van der Waals surface area contributed by atoms with Crippen LogP contribution in [0.3, 0.4) is 0 Å². The zero-order chi connectivity index (χ0) is 24.1. The van der Waals surface area contributed by atoms with Crippen LogP contribution in [0.1, 0.15) is 48.5 Å². The summed E-state index contributed by atoms with van der Waals surface area (Å²) in [4.78, 5) is 2.51. The molecule has 180 valence electrons. The monoisotopic (exact) mass is 505 g/mol. The van der Waals surface area contributed by atoms with Gasteiger partial charge in [0.05, 0.1) is 15.6 Å². The summed E-state index contributed by atoms with van der Waals surface area (Å²) in [6.45, 7) is 4.27. The van der Waals surface area contributed by atoms with Crippen molar-refractivity contribution in [2.75, 3.05) is 18.0 Å². The molecular formula is C29H29Cl2N3O. The summed E-state index contributed by atoms with van der Waals surface area (Å²) < 4.78 is 8.04. The van der Waals surface area contributed by atoms with Crippen LogP contribution >= 0.6 is 23.2 Å². The van der Waals surface area contributed by atoms with E-state index in [0.29, 0.717) is 21.9 Å². The van der Waals surface area contributed by atoms with Crippen molar-refractivity contribution in [1.29, 1.82) is 0 Å². The highest BCUT2D eigenvalue weighted by atomic mass is 35.5. The first-order valence-corrected chi connectivity index (χ1v) is 13.2. The molecule has 35 heavy (non-hydrogen) atoms. The molecule has 0 atom stereocenters. The Morgan fingerprint density at radius 1 is 1.03 bits per heavy atom. The third-order valence-corrected chi connectivity index (χ3v) is 8.15. The van der Waals surface area contributed by atoms with Crippen molar-refractivity contribution in [3.8, 4) is 11.3 Å². The van der Waals surface area contributed by atoms with E-state index in [1.807, 2.05) is 18.2 Å². The van der Waals surface area contributed by atoms with Gasteiger partial charge in [-0.15, -0.1) is 0 Å².